The number of amides is 1. The van der Waals surface area contributed by atoms with Crippen molar-refractivity contribution in [3.05, 3.63) is 23.8 Å². The van der Waals surface area contributed by atoms with E-state index in [4.69, 9.17) is 9.47 Å². The number of hydrogen-bond acceptors (Lipinski definition) is 6. The second kappa shape index (κ2) is 9.02. The van der Waals surface area contributed by atoms with E-state index in [0.717, 1.165) is 42.1 Å². The molecule has 2 aliphatic rings. The third-order valence-electron chi connectivity index (χ3n) is 5.96. The number of hydrogen-bond donors (Lipinski definition) is 0. The van der Waals surface area contributed by atoms with Crippen LogP contribution in [0.3, 0.4) is 0 Å². The van der Waals surface area contributed by atoms with Crippen molar-refractivity contribution in [1.82, 2.24) is 24.6 Å². The molecule has 30 heavy (non-hydrogen) atoms. The van der Waals surface area contributed by atoms with Gasteiger partial charge in [-0.3, -0.25) is 4.68 Å². The highest BCUT2D eigenvalue weighted by Crippen LogP contribution is 2.30. The van der Waals surface area contributed by atoms with Crippen LogP contribution in [0, 0.1) is 12.8 Å². The zero-order valence-electron chi connectivity index (χ0n) is 18.1. The van der Waals surface area contributed by atoms with Crippen molar-refractivity contribution in [3.63, 3.8) is 0 Å². The normalized spacial score (nSPS) is 17.0. The second-order valence-electron chi connectivity index (χ2n) is 8.53. The van der Waals surface area contributed by atoms with Gasteiger partial charge in [0.15, 0.2) is 11.6 Å². The molecular weight excluding hydrogens is 382 g/mol. The number of rotatable bonds is 7. The van der Waals surface area contributed by atoms with Crippen LogP contribution in [0.2, 0.25) is 0 Å². The number of aromatic nitrogens is 4. The summed E-state index contributed by atoms with van der Waals surface area (Å²) >= 11 is 0. The van der Waals surface area contributed by atoms with Crippen LogP contribution >= 0.6 is 0 Å². The van der Waals surface area contributed by atoms with Crippen molar-refractivity contribution in [2.75, 3.05) is 13.6 Å². The zero-order valence-corrected chi connectivity index (χ0v) is 18.1. The first-order valence-electron chi connectivity index (χ1n) is 10.9. The molecule has 0 atom stereocenters. The smallest absolute Gasteiger partial charge is 0.409 e. The number of nitrogens with zero attached hydrogens (tertiary/aromatic N) is 5. The predicted octanol–water partition coefficient (Wildman–Crippen LogP) is 3.88. The van der Waals surface area contributed by atoms with E-state index in [2.05, 4.69) is 15.1 Å². The van der Waals surface area contributed by atoms with Crippen LogP contribution in [-0.4, -0.2) is 50.4 Å². The van der Waals surface area contributed by atoms with E-state index in [0.29, 0.717) is 11.7 Å². The largest absolute Gasteiger partial charge is 0.487 e. The average Bonchev–Trinajstić information content (AvgIpc) is 3.48. The standard InChI is InChI=1S/C22H31N5O3/c1-15-20(30-17-7-5-4-6-8-17)12-23-21(25-15)18-11-24-27(3)19(18)14-29-22(28)26(2)13-16-9-10-16/h11-12,16-17H,4-10,13-14H2,1-3H3. The van der Waals surface area contributed by atoms with E-state index < -0.39 is 0 Å². The third-order valence-corrected chi connectivity index (χ3v) is 5.96. The van der Waals surface area contributed by atoms with Crippen molar-refractivity contribution < 1.29 is 14.3 Å². The number of carbonyl (C=O) groups is 1. The molecular formula is C22H31N5O3. The van der Waals surface area contributed by atoms with Gasteiger partial charge >= 0.3 is 6.09 Å². The van der Waals surface area contributed by atoms with Crippen molar-refractivity contribution in [3.8, 4) is 17.1 Å². The van der Waals surface area contributed by atoms with Crippen LogP contribution in [0.15, 0.2) is 12.4 Å². The molecule has 2 aromatic rings. The van der Waals surface area contributed by atoms with Crippen LogP contribution in [0.1, 0.15) is 56.3 Å². The maximum atomic E-state index is 12.3. The minimum absolute atomic E-state index is 0.127. The fourth-order valence-electron chi connectivity index (χ4n) is 3.89. The van der Waals surface area contributed by atoms with Crippen molar-refractivity contribution in [2.24, 2.45) is 13.0 Å². The molecule has 0 N–H and O–H groups in total. The quantitative estimate of drug-likeness (QED) is 0.685. The van der Waals surface area contributed by atoms with E-state index in [-0.39, 0.29) is 18.8 Å². The molecule has 0 spiro atoms. The Bertz CT molecular complexity index is 887. The molecule has 2 heterocycles. The summed E-state index contributed by atoms with van der Waals surface area (Å²) < 4.78 is 13.4. The van der Waals surface area contributed by atoms with Crippen LogP contribution in [0.4, 0.5) is 4.79 Å². The summed E-state index contributed by atoms with van der Waals surface area (Å²) in [4.78, 5) is 23.1. The van der Waals surface area contributed by atoms with E-state index in [9.17, 15) is 4.79 Å². The second-order valence-corrected chi connectivity index (χ2v) is 8.53. The molecule has 2 saturated carbocycles. The Morgan fingerprint density at radius 2 is 1.97 bits per heavy atom. The van der Waals surface area contributed by atoms with Crippen molar-refractivity contribution in [1.29, 1.82) is 0 Å². The summed E-state index contributed by atoms with van der Waals surface area (Å²) in [6.07, 6.45) is 11.7. The molecule has 2 aliphatic carbocycles. The maximum absolute atomic E-state index is 12.3. The summed E-state index contributed by atoms with van der Waals surface area (Å²) in [6.45, 7) is 2.82. The molecule has 0 radical (unpaired) electrons. The number of aryl methyl sites for hydroxylation is 2. The lowest BCUT2D eigenvalue weighted by Crippen LogP contribution is -2.29. The van der Waals surface area contributed by atoms with Crippen LogP contribution in [0.5, 0.6) is 5.75 Å². The molecule has 4 rings (SSSR count). The van der Waals surface area contributed by atoms with Gasteiger partial charge in [-0.1, -0.05) is 6.42 Å². The maximum Gasteiger partial charge on any atom is 0.409 e. The zero-order chi connectivity index (χ0) is 21.1. The van der Waals surface area contributed by atoms with E-state index in [1.807, 2.05) is 14.0 Å². The first-order valence-corrected chi connectivity index (χ1v) is 10.9. The third kappa shape index (κ3) is 4.91. The fourth-order valence-corrected chi connectivity index (χ4v) is 3.89. The van der Waals surface area contributed by atoms with Gasteiger partial charge in [0.05, 0.1) is 35.4 Å². The topological polar surface area (TPSA) is 82.4 Å². The Hall–Kier alpha value is -2.64. The average molecular weight is 414 g/mol. The predicted molar refractivity (Wildman–Crippen MR) is 112 cm³/mol. The van der Waals surface area contributed by atoms with E-state index >= 15 is 0 Å². The highest BCUT2D eigenvalue weighted by molar-refractivity contribution is 5.67. The van der Waals surface area contributed by atoms with E-state index in [1.165, 1.54) is 32.1 Å². The Morgan fingerprint density at radius 3 is 2.67 bits per heavy atom. The fraction of sp³-hybridized carbons (Fsp3) is 0.636. The number of carbonyl (C=O) groups excluding carboxylic acids is 1. The molecule has 8 nitrogen and oxygen atoms in total. The summed E-state index contributed by atoms with van der Waals surface area (Å²) in [7, 11) is 3.61. The van der Waals surface area contributed by atoms with Gasteiger partial charge in [0, 0.05) is 20.6 Å². The molecule has 0 saturated heterocycles. The summed E-state index contributed by atoms with van der Waals surface area (Å²) in [5, 5.41) is 4.32. The van der Waals surface area contributed by atoms with Crippen LogP contribution in [-0.2, 0) is 18.4 Å². The van der Waals surface area contributed by atoms with Crippen LogP contribution < -0.4 is 4.74 Å². The Morgan fingerprint density at radius 1 is 1.20 bits per heavy atom. The minimum atomic E-state index is -0.317. The molecule has 2 fully saturated rings. The van der Waals surface area contributed by atoms with Gasteiger partial charge in [-0.2, -0.15) is 5.10 Å². The van der Waals surface area contributed by atoms with Gasteiger partial charge in [-0.05, 0) is 51.4 Å². The Labute approximate surface area is 177 Å². The van der Waals surface area contributed by atoms with E-state index in [1.54, 1.807) is 29.0 Å². The Kier molecular flexibility index (Phi) is 6.20. The summed E-state index contributed by atoms with van der Waals surface area (Å²) in [5.41, 5.74) is 2.34. The van der Waals surface area contributed by atoms with Gasteiger partial charge in [-0.25, -0.2) is 14.8 Å². The molecule has 8 heteroatoms. The molecule has 0 bridgehead atoms. The van der Waals surface area contributed by atoms with Gasteiger partial charge in [-0.15, -0.1) is 0 Å². The minimum Gasteiger partial charge on any atom is -0.487 e. The molecule has 0 aromatic carbocycles. The lowest BCUT2D eigenvalue weighted by Gasteiger charge is -2.23. The highest BCUT2D eigenvalue weighted by atomic mass is 16.6. The van der Waals surface area contributed by atoms with Gasteiger partial charge in [0.25, 0.3) is 0 Å². The summed E-state index contributed by atoms with van der Waals surface area (Å²) in [5.74, 6) is 1.93. The lowest BCUT2D eigenvalue weighted by molar-refractivity contribution is 0.101. The van der Waals surface area contributed by atoms with Crippen molar-refractivity contribution >= 4 is 6.09 Å². The first kappa shape index (κ1) is 20.6. The SMILES string of the molecule is Cc1nc(-c2cnn(C)c2COC(=O)N(C)CC2CC2)ncc1OC1CCCCC1. The van der Waals surface area contributed by atoms with Crippen molar-refractivity contribution in [2.45, 2.75) is 64.6 Å². The van der Waals surface area contributed by atoms with Gasteiger partial charge in [0.2, 0.25) is 0 Å². The first-order chi connectivity index (χ1) is 14.5. The highest BCUT2D eigenvalue weighted by Gasteiger charge is 2.26. The lowest BCUT2D eigenvalue weighted by atomic mass is 9.98. The van der Waals surface area contributed by atoms with Gasteiger partial charge in [0.1, 0.15) is 6.61 Å². The molecule has 1 amide bonds. The monoisotopic (exact) mass is 413 g/mol. The molecule has 162 valence electrons. The van der Waals surface area contributed by atoms with Crippen LogP contribution in [0.25, 0.3) is 11.4 Å². The molecule has 0 unspecified atom stereocenters. The molecule has 2 aromatic heterocycles. The number of ether oxygens (including phenoxy) is 2. The van der Waals surface area contributed by atoms with Gasteiger partial charge < -0.3 is 14.4 Å². The summed E-state index contributed by atoms with van der Waals surface area (Å²) in [6, 6.07) is 0. The molecule has 0 aliphatic heterocycles. The Balaban J connectivity index is 1.43.